The molecule has 2 heterocycles. The van der Waals surface area contributed by atoms with E-state index in [2.05, 4.69) is 5.32 Å². The quantitative estimate of drug-likeness (QED) is 0.812. The SMILES string of the molecule is O=C(O)[C@@H]1[C@@H](C(=O)Nc2cc(C(F)(F)F)ccc2Cl)[C@H]2C=C[C@H]1O2. The number of fused-ring (bicyclic) bond motifs is 2. The number of amides is 1. The first-order valence-electron chi connectivity index (χ1n) is 6.92. The van der Waals surface area contributed by atoms with Crippen LogP contribution in [0.2, 0.25) is 5.02 Å². The Bertz CT molecular complexity index is 734. The zero-order chi connectivity index (χ0) is 17.6. The number of nitrogens with one attached hydrogen (secondary N) is 1. The second-order valence-electron chi connectivity index (χ2n) is 5.52. The van der Waals surface area contributed by atoms with Crippen LogP contribution in [0.5, 0.6) is 0 Å². The molecule has 1 fully saturated rings. The van der Waals surface area contributed by atoms with Gasteiger partial charge < -0.3 is 15.2 Å². The molecule has 9 heteroatoms. The number of rotatable bonds is 3. The monoisotopic (exact) mass is 361 g/mol. The maximum absolute atomic E-state index is 12.8. The molecule has 0 saturated carbocycles. The number of ether oxygens (including phenoxy) is 1. The smallest absolute Gasteiger partial charge is 0.416 e. The standard InChI is InChI=1S/C15H11ClF3NO4/c16-7-2-1-6(15(17,18)19)5-8(7)20-13(21)11-9-3-4-10(24-9)12(11)14(22)23/h1-5,9-12H,(H,20,21)(H,22,23)/t9-,10-,11+,12+/m1/s1. The van der Waals surface area contributed by atoms with Crippen LogP contribution in [0.4, 0.5) is 18.9 Å². The lowest BCUT2D eigenvalue weighted by Gasteiger charge is -2.21. The Kier molecular flexibility index (Phi) is 4.05. The van der Waals surface area contributed by atoms with Gasteiger partial charge in [-0.1, -0.05) is 23.8 Å². The lowest BCUT2D eigenvalue weighted by molar-refractivity contribution is -0.145. The van der Waals surface area contributed by atoms with Crippen molar-refractivity contribution in [1.29, 1.82) is 0 Å². The van der Waals surface area contributed by atoms with E-state index in [1.54, 1.807) is 12.2 Å². The molecule has 1 saturated heterocycles. The van der Waals surface area contributed by atoms with Gasteiger partial charge in [0.15, 0.2) is 0 Å². The summed E-state index contributed by atoms with van der Waals surface area (Å²) in [6.07, 6.45) is -2.90. The molecule has 2 N–H and O–H groups in total. The van der Waals surface area contributed by atoms with Gasteiger partial charge in [0.2, 0.25) is 5.91 Å². The minimum Gasteiger partial charge on any atom is -0.481 e. The number of alkyl halides is 3. The van der Waals surface area contributed by atoms with Crippen molar-refractivity contribution >= 4 is 29.2 Å². The molecule has 2 bridgehead atoms. The van der Waals surface area contributed by atoms with E-state index in [1.807, 2.05) is 0 Å². The van der Waals surface area contributed by atoms with Crippen LogP contribution in [0.15, 0.2) is 30.4 Å². The van der Waals surface area contributed by atoms with Crippen molar-refractivity contribution in [2.75, 3.05) is 5.32 Å². The van der Waals surface area contributed by atoms with Gasteiger partial charge in [-0.25, -0.2) is 0 Å². The summed E-state index contributed by atoms with van der Waals surface area (Å²) in [5.41, 5.74) is -1.20. The molecule has 1 amide bonds. The maximum Gasteiger partial charge on any atom is 0.416 e. The Morgan fingerprint density at radius 1 is 1.17 bits per heavy atom. The molecule has 24 heavy (non-hydrogen) atoms. The predicted molar refractivity (Wildman–Crippen MR) is 77.5 cm³/mol. The molecule has 2 aliphatic heterocycles. The van der Waals surface area contributed by atoms with Crippen LogP contribution in [0.25, 0.3) is 0 Å². The van der Waals surface area contributed by atoms with Crippen molar-refractivity contribution in [3.63, 3.8) is 0 Å². The molecular weight excluding hydrogens is 351 g/mol. The number of carbonyl (C=O) groups is 2. The highest BCUT2D eigenvalue weighted by Gasteiger charge is 2.53. The summed E-state index contributed by atoms with van der Waals surface area (Å²) in [6, 6.07) is 2.52. The van der Waals surface area contributed by atoms with Gasteiger partial charge in [0.25, 0.3) is 0 Å². The highest BCUT2D eigenvalue weighted by atomic mass is 35.5. The molecule has 1 aromatic carbocycles. The van der Waals surface area contributed by atoms with Crippen molar-refractivity contribution in [3.8, 4) is 0 Å². The van der Waals surface area contributed by atoms with Gasteiger partial charge in [-0.15, -0.1) is 0 Å². The van der Waals surface area contributed by atoms with Gasteiger partial charge in [0.1, 0.15) is 5.92 Å². The third-order valence-corrected chi connectivity index (χ3v) is 4.37. The fourth-order valence-electron chi connectivity index (χ4n) is 2.93. The van der Waals surface area contributed by atoms with Crippen LogP contribution in [0.3, 0.4) is 0 Å². The lowest BCUT2D eigenvalue weighted by atomic mass is 9.82. The Hall–Kier alpha value is -2.06. The molecule has 0 spiro atoms. The largest absolute Gasteiger partial charge is 0.481 e. The topological polar surface area (TPSA) is 75.6 Å². The van der Waals surface area contributed by atoms with Crippen LogP contribution >= 0.6 is 11.6 Å². The number of carboxylic acids is 1. The third kappa shape index (κ3) is 2.87. The summed E-state index contributed by atoms with van der Waals surface area (Å²) in [5, 5.41) is 11.5. The normalized spacial score (nSPS) is 28.2. The summed E-state index contributed by atoms with van der Waals surface area (Å²) in [4.78, 5) is 23.7. The van der Waals surface area contributed by atoms with E-state index >= 15 is 0 Å². The molecule has 2 aliphatic rings. The first kappa shape index (κ1) is 16.8. The molecule has 0 aromatic heterocycles. The maximum atomic E-state index is 12.8. The minimum atomic E-state index is -4.59. The Morgan fingerprint density at radius 3 is 2.38 bits per heavy atom. The minimum absolute atomic E-state index is 0.0807. The zero-order valence-corrected chi connectivity index (χ0v) is 12.6. The van der Waals surface area contributed by atoms with E-state index in [0.717, 1.165) is 12.1 Å². The number of anilines is 1. The van der Waals surface area contributed by atoms with Crippen LogP contribution in [-0.2, 0) is 20.5 Å². The summed E-state index contributed by atoms with van der Waals surface area (Å²) in [5.74, 6) is -4.09. The van der Waals surface area contributed by atoms with Crippen molar-refractivity contribution in [2.24, 2.45) is 11.8 Å². The number of carbonyl (C=O) groups excluding carboxylic acids is 1. The van der Waals surface area contributed by atoms with Crippen LogP contribution in [0.1, 0.15) is 5.56 Å². The second-order valence-corrected chi connectivity index (χ2v) is 5.93. The molecule has 4 atom stereocenters. The van der Waals surface area contributed by atoms with E-state index in [4.69, 9.17) is 16.3 Å². The van der Waals surface area contributed by atoms with E-state index in [9.17, 15) is 27.9 Å². The highest BCUT2D eigenvalue weighted by Crippen LogP contribution is 2.40. The van der Waals surface area contributed by atoms with Gasteiger partial charge in [-0.2, -0.15) is 13.2 Å². The second kappa shape index (κ2) is 5.78. The summed E-state index contributed by atoms with van der Waals surface area (Å²) < 4.78 is 43.7. The average molecular weight is 362 g/mol. The molecule has 5 nitrogen and oxygen atoms in total. The van der Waals surface area contributed by atoms with Crippen molar-refractivity contribution in [2.45, 2.75) is 18.4 Å². The Morgan fingerprint density at radius 2 is 1.79 bits per heavy atom. The molecule has 0 radical (unpaired) electrons. The van der Waals surface area contributed by atoms with E-state index in [1.165, 1.54) is 0 Å². The van der Waals surface area contributed by atoms with E-state index in [0.29, 0.717) is 6.07 Å². The zero-order valence-electron chi connectivity index (χ0n) is 11.9. The molecule has 0 unspecified atom stereocenters. The molecule has 128 valence electrons. The highest BCUT2D eigenvalue weighted by molar-refractivity contribution is 6.33. The summed E-state index contributed by atoms with van der Waals surface area (Å²) in [6.45, 7) is 0. The lowest BCUT2D eigenvalue weighted by Crippen LogP contribution is -2.39. The van der Waals surface area contributed by atoms with Crippen LogP contribution < -0.4 is 5.32 Å². The number of halogens is 4. The molecular formula is C15H11ClF3NO4. The van der Waals surface area contributed by atoms with Crippen molar-refractivity contribution in [1.82, 2.24) is 0 Å². The number of benzene rings is 1. The van der Waals surface area contributed by atoms with Crippen LogP contribution in [-0.4, -0.2) is 29.2 Å². The summed E-state index contributed by atoms with van der Waals surface area (Å²) >= 11 is 5.83. The van der Waals surface area contributed by atoms with E-state index in [-0.39, 0.29) is 10.7 Å². The molecule has 3 rings (SSSR count). The molecule has 0 aliphatic carbocycles. The van der Waals surface area contributed by atoms with Gasteiger partial charge in [0, 0.05) is 0 Å². The third-order valence-electron chi connectivity index (χ3n) is 4.04. The number of hydrogen-bond donors (Lipinski definition) is 2. The molecule has 1 aromatic rings. The van der Waals surface area contributed by atoms with Gasteiger partial charge >= 0.3 is 12.1 Å². The first-order valence-corrected chi connectivity index (χ1v) is 7.30. The average Bonchev–Trinajstić information content (AvgIpc) is 3.08. The van der Waals surface area contributed by atoms with Gasteiger partial charge in [0.05, 0.1) is 34.4 Å². The van der Waals surface area contributed by atoms with Gasteiger partial charge in [-0.3, -0.25) is 9.59 Å². The number of aliphatic carboxylic acids is 1. The van der Waals surface area contributed by atoms with Crippen LogP contribution in [0, 0.1) is 11.8 Å². The predicted octanol–water partition coefficient (Wildman–Crippen LogP) is 2.95. The summed E-state index contributed by atoms with van der Waals surface area (Å²) in [7, 11) is 0. The van der Waals surface area contributed by atoms with E-state index < -0.39 is 47.7 Å². The Balaban J connectivity index is 1.85. The van der Waals surface area contributed by atoms with Gasteiger partial charge in [-0.05, 0) is 18.2 Å². The first-order chi connectivity index (χ1) is 11.2. The fourth-order valence-corrected chi connectivity index (χ4v) is 3.09. The Labute approximate surface area is 139 Å². The van der Waals surface area contributed by atoms with Crippen molar-refractivity contribution in [3.05, 3.63) is 40.9 Å². The number of carboxylic acid groups (broad SMARTS) is 1. The van der Waals surface area contributed by atoms with Crippen molar-refractivity contribution < 1.29 is 32.6 Å². The fraction of sp³-hybridized carbons (Fsp3) is 0.333. The number of hydrogen-bond acceptors (Lipinski definition) is 3.